The number of hydrogen-bond donors (Lipinski definition) is 0. The van der Waals surface area contributed by atoms with Crippen LogP contribution in [-0.2, 0) is 5.75 Å². The fraction of sp³-hybridized carbons (Fsp3) is 0.182. The summed E-state index contributed by atoms with van der Waals surface area (Å²) in [7, 11) is 0. The van der Waals surface area contributed by atoms with Crippen LogP contribution in [0.25, 0.3) is 0 Å². The fourth-order valence-electron chi connectivity index (χ4n) is 1.29. The molecule has 1 heterocycles. The molecule has 0 saturated heterocycles. The molecule has 1 aromatic carbocycles. The molecule has 88 valence electrons. The lowest BCUT2D eigenvalue weighted by atomic mass is 10.1. The van der Waals surface area contributed by atoms with Gasteiger partial charge in [-0.15, -0.1) is 10.2 Å². The molecule has 1 aromatic heterocycles. The number of nitrogens with zero attached hydrogens (tertiary/aromatic N) is 3. The van der Waals surface area contributed by atoms with Crippen molar-refractivity contribution >= 4 is 35.0 Å². The third-order valence-electron chi connectivity index (χ3n) is 2.22. The topological polar surface area (TPSA) is 38.7 Å². The van der Waals surface area contributed by atoms with E-state index < -0.39 is 0 Å². The van der Waals surface area contributed by atoms with Crippen LogP contribution in [0, 0.1) is 6.92 Å². The SMILES string of the molecule is Cc1ccccc1CSc1nc(Cl)nnc1Cl. The molecule has 3 nitrogen and oxygen atoms in total. The van der Waals surface area contributed by atoms with Gasteiger partial charge in [0.25, 0.3) is 0 Å². The Bertz CT molecular complexity index is 534. The highest BCUT2D eigenvalue weighted by Gasteiger charge is 2.07. The van der Waals surface area contributed by atoms with Crippen molar-refractivity contribution in [2.75, 3.05) is 0 Å². The molecule has 2 aromatic rings. The van der Waals surface area contributed by atoms with Crippen LogP contribution in [0.5, 0.6) is 0 Å². The van der Waals surface area contributed by atoms with Crippen LogP contribution in [-0.4, -0.2) is 15.2 Å². The van der Waals surface area contributed by atoms with Gasteiger partial charge in [0, 0.05) is 5.75 Å². The van der Waals surface area contributed by atoms with E-state index >= 15 is 0 Å². The molecule has 0 fully saturated rings. The van der Waals surface area contributed by atoms with Gasteiger partial charge in [-0.05, 0) is 29.7 Å². The van der Waals surface area contributed by atoms with E-state index in [0.29, 0.717) is 5.03 Å². The molecule has 0 radical (unpaired) electrons. The largest absolute Gasteiger partial charge is 0.244 e. The van der Waals surface area contributed by atoms with Gasteiger partial charge < -0.3 is 0 Å². The molecule has 0 bridgehead atoms. The van der Waals surface area contributed by atoms with Crippen molar-refractivity contribution in [3.8, 4) is 0 Å². The van der Waals surface area contributed by atoms with Crippen molar-refractivity contribution in [2.45, 2.75) is 17.7 Å². The molecule has 0 saturated carbocycles. The summed E-state index contributed by atoms with van der Waals surface area (Å²) in [5.74, 6) is 0.779. The minimum atomic E-state index is 0.113. The molecule has 17 heavy (non-hydrogen) atoms. The van der Waals surface area contributed by atoms with Gasteiger partial charge in [-0.2, -0.15) is 0 Å². The lowest BCUT2D eigenvalue weighted by Crippen LogP contribution is -1.93. The monoisotopic (exact) mass is 285 g/mol. The lowest BCUT2D eigenvalue weighted by Gasteiger charge is -2.05. The number of aryl methyl sites for hydroxylation is 1. The van der Waals surface area contributed by atoms with Crippen LogP contribution < -0.4 is 0 Å². The second-order valence-electron chi connectivity index (χ2n) is 3.39. The second kappa shape index (κ2) is 5.67. The molecule has 0 aliphatic heterocycles. The van der Waals surface area contributed by atoms with Crippen LogP contribution in [0.2, 0.25) is 10.4 Å². The molecular formula is C11H9Cl2N3S. The summed E-state index contributed by atoms with van der Waals surface area (Å²) in [4.78, 5) is 4.04. The van der Waals surface area contributed by atoms with Crippen molar-refractivity contribution in [2.24, 2.45) is 0 Å². The minimum Gasteiger partial charge on any atom is -0.207 e. The zero-order chi connectivity index (χ0) is 12.3. The minimum absolute atomic E-state index is 0.113. The molecule has 0 N–H and O–H groups in total. The Hall–Kier alpha value is -0.840. The van der Waals surface area contributed by atoms with Gasteiger partial charge in [-0.3, -0.25) is 0 Å². The normalized spacial score (nSPS) is 10.5. The van der Waals surface area contributed by atoms with E-state index in [4.69, 9.17) is 23.2 Å². The van der Waals surface area contributed by atoms with Crippen LogP contribution in [0.1, 0.15) is 11.1 Å². The average molecular weight is 286 g/mol. The molecule has 0 spiro atoms. The van der Waals surface area contributed by atoms with E-state index in [1.807, 2.05) is 12.1 Å². The predicted octanol–water partition coefficient (Wildman–Crippen LogP) is 3.78. The van der Waals surface area contributed by atoms with Crippen molar-refractivity contribution in [3.63, 3.8) is 0 Å². The maximum absolute atomic E-state index is 5.89. The third-order valence-corrected chi connectivity index (χ3v) is 3.76. The summed E-state index contributed by atoms with van der Waals surface area (Å²) < 4.78 is 0. The number of benzene rings is 1. The smallest absolute Gasteiger partial charge is 0.207 e. The van der Waals surface area contributed by atoms with Gasteiger partial charge >= 0.3 is 0 Å². The van der Waals surface area contributed by atoms with E-state index in [1.165, 1.54) is 22.9 Å². The highest BCUT2D eigenvalue weighted by molar-refractivity contribution is 7.98. The molecule has 2 rings (SSSR count). The Labute approximate surface area is 114 Å². The zero-order valence-electron chi connectivity index (χ0n) is 9.02. The van der Waals surface area contributed by atoms with E-state index in [2.05, 4.69) is 34.2 Å². The number of rotatable bonds is 3. The molecule has 0 atom stereocenters. The Morgan fingerprint density at radius 2 is 1.94 bits per heavy atom. The van der Waals surface area contributed by atoms with Gasteiger partial charge in [-0.25, -0.2) is 4.98 Å². The quantitative estimate of drug-likeness (QED) is 0.805. The van der Waals surface area contributed by atoms with E-state index in [0.717, 1.165) is 5.75 Å². The van der Waals surface area contributed by atoms with E-state index in [1.54, 1.807) is 0 Å². The first kappa shape index (κ1) is 12.6. The molecular weight excluding hydrogens is 277 g/mol. The summed E-state index contributed by atoms with van der Waals surface area (Å²) in [6, 6.07) is 8.17. The first-order chi connectivity index (χ1) is 8.16. The highest BCUT2D eigenvalue weighted by Crippen LogP contribution is 2.27. The molecule has 0 aliphatic rings. The van der Waals surface area contributed by atoms with E-state index in [9.17, 15) is 0 Å². The van der Waals surface area contributed by atoms with E-state index in [-0.39, 0.29) is 10.4 Å². The maximum atomic E-state index is 5.89. The third kappa shape index (κ3) is 3.31. The molecule has 0 amide bonds. The first-order valence-electron chi connectivity index (χ1n) is 4.90. The predicted molar refractivity (Wildman–Crippen MR) is 70.6 cm³/mol. The molecule has 6 heteroatoms. The number of halogens is 2. The lowest BCUT2D eigenvalue weighted by molar-refractivity contribution is 0.904. The Kier molecular flexibility index (Phi) is 4.20. The van der Waals surface area contributed by atoms with Crippen molar-refractivity contribution in [3.05, 3.63) is 45.8 Å². The first-order valence-corrected chi connectivity index (χ1v) is 6.64. The zero-order valence-corrected chi connectivity index (χ0v) is 11.4. The molecule has 0 unspecified atom stereocenters. The van der Waals surface area contributed by atoms with Gasteiger partial charge in [0.1, 0.15) is 5.03 Å². The van der Waals surface area contributed by atoms with Crippen LogP contribution in [0.4, 0.5) is 0 Å². The standard InChI is InChI=1S/C11H9Cl2N3S/c1-7-4-2-3-5-8(7)6-17-10-9(12)15-16-11(13)14-10/h2-5H,6H2,1H3. The average Bonchev–Trinajstić information content (AvgIpc) is 2.32. The van der Waals surface area contributed by atoms with Gasteiger partial charge in [0.15, 0.2) is 5.15 Å². The van der Waals surface area contributed by atoms with Crippen LogP contribution in [0.3, 0.4) is 0 Å². The summed E-state index contributed by atoms with van der Waals surface area (Å²) in [6.45, 7) is 2.07. The Morgan fingerprint density at radius 3 is 2.71 bits per heavy atom. The van der Waals surface area contributed by atoms with Crippen LogP contribution >= 0.6 is 35.0 Å². The Morgan fingerprint density at radius 1 is 1.18 bits per heavy atom. The van der Waals surface area contributed by atoms with Gasteiger partial charge in [0.05, 0.1) is 0 Å². The summed E-state index contributed by atoms with van der Waals surface area (Å²) in [6.07, 6.45) is 0. The number of thioether (sulfide) groups is 1. The maximum Gasteiger partial charge on any atom is 0.244 e. The van der Waals surface area contributed by atoms with Crippen molar-refractivity contribution in [1.82, 2.24) is 15.2 Å². The highest BCUT2D eigenvalue weighted by atomic mass is 35.5. The fourth-order valence-corrected chi connectivity index (χ4v) is 2.63. The number of hydrogen-bond acceptors (Lipinski definition) is 4. The summed E-state index contributed by atoms with van der Waals surface area (Å²) in [5, 5.41) is 8.29. The van der Waals surface area contributed by atoms with Gasteiger partial charge in [0.2, 0.25) is 5.28 Å². The van der Waals surface area contributed by atoms with Gasteiger partial charge in [-0.1, -0.05) is 47.6 Å². The van der Waals surface area contributed by atoms with Crippen LogP contribution in [0.15, 0.2) is 29.3 Å². The number of aromatic nitrogens is 3. The summed E-state index contributed by atoms with van der Waals surface area (Å²) >= 11 is 13.1. The summed E-state index contributed by atoms with van der Waals surface area (Å²) in [5.41, 5.74) is 2.48. The second-order valence-corrected chi connectivity index (χ2v) is 5.05. The Balaban J connectivity index is 2.12. The van der Waals surface area contributed by atoms with Crippen molar-refractivity contribution < 1.29 is 0 Å². The molecule has 0 aliphatic carbocycles. The van der Waals surface area contributed by atoms with Crippen molar-refractivity contribution in [1.29, 1.82) is 0 Å².